The molecule has 1 saturated heterocycles. The van der Waals surface area contributed by atoms with Crippen LogP contribution in [0.25, 0.3) is 5.76 Å². The molecule has 0 radical (unpaired) electrons. The van der Waals surface area contributed by atoms with E-state index >= 15 is 0 Å². The van der Waals surface area contributed by atoms with Crippen molar-refractivity contribution in [1.29, 1.82) is 0 Å². The van der Waals surface area contributed by atoms with Crippen molar-refractivity contribution in [1.82, 2.24) is 0 Å². The number of aliphatic hydroxyl groups excluding tert-OH is 1. The van der Waals surface area contributed by atoms with Crippen LogP contribution in [-0.2, 0) is 14.3 Å². The van der Waals surface area contributed by atoms with Crippen molar-refractivity contribution >= 4 is 45.0 Å². The van der Waals surface area contributed by atoms with Gasteiger partial charge in [-0.25, -0.2) is 4.79 Å². The minimum atomic E-state index is -0.841. The van der Waals surface area contributed by atoms with Gasteiger partial charge < -0.3 is 9.84 Å². The summed E-state index contributed by atoms with van der Waals surface area (Å²) < 4.78 is 5.85. The summed E-state index contributed by atoms with van der Waals surface area (Å²) in [7, 11) is 0. The molecule has 4 rings (SSSR count). The van der Waals surface area contributed by atoms with Crippen LogP contribution in [0.5, 0.6) is 0 Å². The molecule has 1 atom stereocenters. The first-order chi connectivity index (χ1) is 15.9. The lowest BCUT2D eigenvalue weighted by molar-refractivity contribution is -0.132. The summed E-state index contributed by atoms with van der Waals surface area (Å²) in [5.41, 5.74) is 1.86. The fraction of sp³-hybridized carbons (Fsp3) is 0.115. The van der Waals surface area contributed by atoms with Gasteiger partial charge in [-0.05, 0) is 48.9 Å². The molecule has 0 bridgehead atoms. The molecule has 1 fully saturated rings. The van der Waals surface area contributed by atoms with Crippen LogP contribution in [0.4, 0.5) is 5.69 Å². The normalized spacial score (nSPS) is 17.3. The van der Waals surface area contributed by atoms with Crippen molar-refractivity contribution in [3.8, 4) is 0 Å². The number of ether oxygens (including phenoxy) is 1. The van der Waals surface area contributed by atoms with E-state index in [4.69, 9.17) is 4.74 Å². The highest BCUT2D eigenvalue weighted by Crippen LogP contribution is 2.42. The Bertz CT molecular complexity index is 1230. The Kier molecular flexibility index (Phi) is 6.42. The van der Waals surface area contributed by atoms with E-state index in [0.29, 0.717) is 22.4 Å². The average Bonchev–Trinajstić information content (AvgIpc) is 3.10. The van der Waals surface area contributed by atoms with E-state index in [-0.39, 0.29) is 17.9 Å². The van der Waals surface area contributed by atoms with Crippen LogP contribution in [0.2, 0.25) is 0 Å². The van der Waals surface area contributed by atoms with Crippen LogP contribution in [0.1, 0.15) is 34.5 Å². The Hall–Kier alpha value is -3.71. The minimum Gasteiger partial charge on any atom is -0.507 e. The van der Waals surface area contributed by atoms with Crippen LogP contribution in [-0.4, -0.2) is 29.4 Å². The number of ketones is 1. The fourth-order valence-electron chi connectivity index (χ4n) is 3.78. The molecular weight excluding hydrogens is 486 g/mol. The molecule has 0 aliphatic carbocycles. The first kappa shape index (κ1) is 22.5. The van der Waals surface area contributed by atoms with Crippen molar-refractivity contribution in [2.45, 2.75) is 13.0 Å². The Morgan fingerprint density at radius 3 is 2.18 bits per heavy atom. The van der Waals surface area contributed by atoms with Gasteiger partial charge in [0.05, 0.1) is 23.8 Å². The molecular formula is C26H20BrNO5. The van der Waals surface area contributed by atoms with Crippen molar-refractivity contribution in [2.75, 3.05) is 11.5 Å². The zero-order chi connectivity index (χ0) is 23.5. The van der Waals surface area contributed by atoms with E-state index in [9.17, 15) is 19.5 Å². The predicted molar refractivity (Wildman–Crippen MR) is 128 cm³/mol. The summed E-state index contributed by atoms with van der Waals surface area (Å²) in [6.07, 6.45) is 0. The number of esters is 1. The molecule has 0 unspecified atom stereocenters. The maximum Gasteiger partial charge on any atom is 0.338 e. The molecule has 166 valence electrons. The molecule has 1 aliphatic heterocycles. The molecule has 1 aliphatic rings. The Morgan fingerprint density at radius 1 is 0.939 bits per heavy atom. The van der Waals surface area contributed by atoms with Gasteiger partial charge in [-0.15, -0.1) is 0 Å². The number of Topliss-reactive ketones (excluding diaryl/α,β-unsaturated/α-hetero) is 1. The molecule has 3 aromatic carbocycles. The second-order valence-electron chi connectivity index (χ2n) is 7.35. The topological polar surface area (TPSA) is 83.9 Å². The third kappa shape index (κ3) is 4.32. The van der Waals surface area contributed by atoms with E-state index in [1.165, 1.54) is 4.90 Å². The number of benzene rings is 3. The number of hydrogen-bond donors (Lipinski definition) is 1. The molecule has 3 aromatic rings. The molecule has 6 nitrogen and oxygen atoms in total. The number of amides is 1. The molecule has 0 spiro atoms. The molecule has 1 heterocycles. The van der Waals surface area contributed by atoms with E-state index in [1.807, 2.05) is 12.1 Å². The third-order valence-electron chi connectivity index (χ3n) is 5.33. The van der Waals surface area contributed by atoms with Crippen LogP contribution < -0.4 is 4.90 Å². The lowest BCUT2D eigenvalue weighted by Crippen LogP contribution is -2.29. The molecule has 1 amide bonds. The Labute approximate surface area is 199 Å². The monoisotopic (exact) mass is 505 g/mol. The number of nitrogens with zero attached hydrogens (tertiary/aromatic N) is 1. The molecule has 0 aromatic heterocycles. The van der Waals surface area contributed by atoms with Crippen molar-refractivity contribution in [2.24, 2.45) is 0 Å². The summed E-state index contributed by atoms with van der Waals surface area (Å²) >= 11 is 3.40. The number of rotatable bonds is 5. The van der Waals surface area contributed by atoms with Crippen molar-refractivity contribution in [3.63, 3.8) is 0 Å². The fourth-order valence-corrected chi connectivity index (χ4v) is 4.05. The standard InChI is InChI=1S/C26H20BrNO5/c1-2-33-26(32)18-10-14-20(15-11-18)28-22(16-8-12-19(27)13-9-16)21(24(30)25(28)31)23(29)17-6-4-3-5-7-17/h3-15,22,29H,2H2,1H3/b23-21+/t22-/m0/s1. The number of carbonyl (C=O) groups excluding carboxylic acids is 3. The van der Waals surface area contributed by atoms with Crippen LogP contribution >= 0.6 is 15.9 Å². The Morgan fingerprint density at radius 2 is 1.58 bits per heavy atom. The highest BCUT2D eigenvalue weighted by atomic mass is 79.9. The van der Waals surface area contributed by atoms with Gasteiger partial charge in [0.1, 0.15) is 5.76 Å². The molecule has 0 saturated carbocycles. The first-order valence-corrected chi connectivity index (χ1v) is 11.1. The van der Waals surface area contributed by atoms with Gasteiger partial charge in [-0.1, -0.05) is 58.4 Å². The van der Waals surface area contributed by atoms with Crippen LogP contribution in [0, 0.1) is 0 Å². The smallest absolute Gasteiger partial charge is 0.338 e. The molecule has 7 heteroatoms. The van der Waals surface area contributed by atoms with Crippen molar-refractivity contribution < 1.29 is 24.2 Å². The number of aliphatic hydroxyl groups is 1. The molecule has 33 heavy (non-hydrogen) atoms. The SMILES string of the molecule is CCOC(=O)c1ccc(N2C(=O)C(=O)/C(=C(/O)c3ccccc3)[C@@H]2c2ccc(Br)cc2)cc1. The Balaban J connectivity index is 1.85. The number of halogens is 1. The summed E-state index contributed by atoms with van der Waals surface area (Å²) in [4.78, 5) is 39.6. The van der Waals surface area contributed by atoms with Crippen molar-refractivity contribution in [3.05, 3.63) is 106 Å². The van der Waals surface area contributed by atoms with E-state index in [2.05, 4.69) is 15.9 Å². The molecule has 1 N–H and O–H groups in total. The summed E-state index contributed by atoms with van der Waals surface area (Å²) in [5.74, 6) is -2.25. The number of hydrogen-bond acceptors (Lipinski definition) is 5. The average molecular weight is 506 g/mol. The van der Waals surface area contributed by atoms with Gasteiger partial charge in [0.2, 0.25) is 0 Å². The summed E-state index contributed by atoms with van der Waals surface area (Å²) in [6.45, 7) is 1.97. The zero-order valence-electron chi connectivity index (χ0n) is 17.7. The van der Waals surface area contributed by atoms with Gasteiger partial charge in [-0.2, -0.15) is 0 Å². The number of carbonyl (C=O) groups is 3. The second-order valence-corrected chi connectivity index (χ2v) is 8.27. The highest BCUT2D eigenvalue weighted by molar-refractivity contribution is 9.10. The second kappa shape index (κ2) is 9.42. The van der Waals surface area contributed by atoms with Gasteiger partial charge in [0.25, 0.3) is 11.7 Å². The van der Waals surface area contributed by atoms with Gasteiger partial charge >= 0.3 is 5.97 Å². The zero-order valence-corrected chi connectivity index (χ0v) is 19.3. The van der Waals surface area contributed by atoms with Gasteiger partial charge in [-0.3, -0.25) is 14.5 Å². The lowest BCUT2D eigenvalue weighted by atomic mass is 9.95. The third-order valence-corrected chi connectivity index (χ3v) is 5.86. The summed E-state index contributed by atoms with van der Waals surface area (Å²) in [5, 5.41) is 11.0. The predicted octanol–water partition coefficient (Wildman–Crippen LogP) is 5.25. The first-order valence-electron chi connectivity index (χ1n) is 10.3. The minimum absolute atomic E-state index is 0.00277. The summed E-state index contributed by atoms with van der Waals surface area (Å²) in [6, 6.07) is 21.3. The van der Waals surface area contributed by atoms with Crippen LogP contribution in [0.3, 0.4) is 0 Å². The van der Waals surface area contributed by atoms with Crippen LogP contribution in [0.15, 0.2) is 88.9 Å². The largest absolute Gasteiger partial charge is 0.507 e. The quantitative estimate of drug-likeness (QED) is 0.221. The highest BCUT2D eigenvalue weighted by Gasteiger charge is 2.46. The van der Waals surface area contributed by atoms with E-state index < -0.39 is 23.7 Å². The van der Waals surface area contributed by atoms with E-state index in [0.717, 1.165) is 4.47 Å². The maximum atomic E-state index is 13.2. The maximum absolute atomic E-state index is 13.2. The van der Waals surface area contributed by atoms with Gasteiger partial charge in [0.15, 0.2) is 0 Å². The van der Waals surface area contributed by atoms with E-state index in [1.54, 1.807) is 73.7 Å². The number of anilines is 1. The van der Waals surface area contributed by atoms with Gasteiger partial charge in [0, 0.05) is 15.7 Å². The lowest BCUT2D eigenvalue weighted by Gasteiger charge is -2.25.